The summed E-state index contributed by atoms with van der Waals surface area (Å²) in [7, 11) is 0. The maximum atomic E-state index is 5.94. The van der Waals surface area contributed by atoms with E-state index in [0.29, 0.717) is 6.61 Å². The fourth-order valence-electron chi connectivity index (χ4n) is 1.97. The molecule has 1 aliphatic heterocycles. The van der Waals surface area contributed by atoms with Gasteiger partial charge in [-0.1, -0.05) is 15.9 Å². The standard InChI is InChI=1S/C13H18BrNO2/c1-9(15)12-7-10(14)4-5-13(12)17-8-11-3-2-6-16-11/h4-5,7,9,11H,2-3,6,8,15H2,1H3. The van der Waals surface area contributed by atoms with E-state index >= 15 is 0 Å². The highest BCUT2D eigenvalue weighted by Gasteiger charge is 2.17. The number of benzene rings is 1. The van der Waals surface area contributed by atoms with Crippen LogP contribution in [0.3, 0.4) is 0 Å². The minimum atomic E-state index is -0.0352. The molecule has 1 aliphatic rings. The number of hydrogen-bond donors (Lipinski definition) is 1. The van der Waals surface area contributed by atoms with Crippen LogP contribution in [-0.4, -0.2) is 19.3 Å². The quantitative estimate of drug-likeness (QED) is 0.929. The van der Waals surface area contributed by atoms with Crippen molar-refractivity contribution in [3.8, 4) is 5.75 Å². The van der Waals surface area contributed by atoms with Crippen LogP contribution in [0.25, 0.3) is 0 Å². The molecule has 0 bridgehead atoms. The number of nitrogens with two attached hydrogens (primary N) is 1. The van der Waals surface area contributed by atoms with E-state index in [-0.39, 0.29) is 12.1 Å². The lowest BCUT2D eigenvalue weighted by molar-refractivity contribution is 0.0675. The zero-order valence-electron chi connectivity index (χ0n) is 9.99. The maximum Gasteiger partial charge on any atom is 0.124 e. The molecule has 4 heteroatoms. The molecule has 2 unspecified atom stereocenters. The largest absolute Gasteiger partial charge is 0.491 e. The van der Waals surface area contributed by atoms with Crippen molar-refractivity contribution in [3.05, 3.63) is 28.2 Å². The molecular formula is C13H18BrNO2. The van der Waals surface area contributed by atoms with Crippen LogP contribution < -0.4 is 10.5 Å². The van der Waals surface area contributed by atoms with Crippen molar-refractivity contribution in [3.63, 3.8) is 0 Å². The summed E-state index contributed by atoms with van der Waals surface area (Å²) in [6.07, 6.45) is 2.46. The van der Waals surface area contributed by atoms with Crippen LogP contribution in [0.1, 0.15) is 31.4 Å². The SMILES string of the molecule is CC(N)c1cc(Br)ccc1OCC1CCCO1. The number of hydrogen-bond acceptors (Lipinski definition) is 3. The van der Waals surface area contributed by atoms with E-state index in [9.17, 15) is 0 Å². The van der Waals surface area contributed by atoms with Gasteiger partial charge < -0.3 is 15.2 Å². The first kappa shape index (κ1) is 12.9. The second-order valence-electron chi connectivity index (χ2n) is 4.42. The zero-order valence-corrected chi connectivity index (χ0v) is 11.6. The Morgan fingerprint density at radius 1 is 1.59 bits per heavy atom. The fraction of sp³-hybridized carbons (Fsp3) is 0.538. The van der Waals surface area contributed by atoms with E-state index in [4.69, 9.17) is 15.2 Å². The fourth-order valence-corrected chi connectivity index (χ4v) is 2.34. The molecule has 0 amide bonds. The molecule has 0 radical (unpaired) electrons. The lowest BCUT2D eigenvalue weighted by Crippen LogP contribution is -2.17. The van der Waals surface area contributed by atoms with Gasteiger partial charge in [0.15, 0.2) is 0 Å². The average molecular weight is 300 g/mol. The third kappa shape index (κ3) is 3.44. The molecule has 2 rings (SSSR count). The molecule has 2 N–H and O–H groups in total. The van der Waals surface area contributed by atoms with E-state index in [0.717, 1.165) is 35.2 Å². The first-order chi connectivity index (χ1) is 8.16. The van der Waals surface area contributed by atoms with Crippen molar-refractivity contribution in [2.24, 2.45) is 5.73 Å². The molecule has 1 aromatic rings. The molecule has 3 nitrogen and oxygen atoms in total. The van der Waals surface area contributed by atoms with E-state index in [2.05, 4.69) is 15.9 Å². The summed E-state index contributed by atoms with van der Waals surface area (Å²) in [6, 6.07) is 5.90. The molecule has 0 spiro atoms. The molecule has 1 fully saturated rings. The molecule has 1 saturated heterocycles. The molecule has 17 heavy (non-hydrogen) atoms. The second kappa shape index (κ2) is 5.85. The number of rotatable bonds is 4. The highest BCUT2D eigenvalue weighted by atomic mass is 79.9. The predicted molar refractivity (Wildman–Crippen MR) is 71.2 cm³/mol. The van der Waals surface area contributed by atoms with Crippen molar-refractivity contribution in [2.45, 2.75) is 31.9 Å². The Balaban J connectivity index is 2.03. The van der Waals surface area contributed by atoms with Crippen LogP contribution in [0.4, 0.5) is 0 Å². The van der Waals surface area contributed by atoms with Gasteiger partial charge in [-0.05, 0) is 38.0 Å². The van der Waals surface area contributed by atoms with Gasteiger partial charge in [-0.2, -0.15) is 0 Å². The Morgan fingerprint density at radius 2 is 2.41 bits per heavy atom. The van der Waals surface area contributed by atoms with Gasteiger partial charge in [0.25, 0.3) is 0 Å². The third-order valence-electron chi connectivity index (χ3n) is 2.91. The van der Waals surface area contributed by atoms with Gasteiger partial charge in [-0.15, -0.1) is 0 Å². The highest BCUT2D eigenvalue weighted by molar-refractivity contribution is 9.10. The van der Waals surface area contributed by atoms with Crippen molar-refractivity contribution < 1.29 is 9.47 Å². The molecule has 0 saturated carbocycles. The summed E-state index contributed by atoms with van der Waals surface area (Å²) in [5, 5.41) is 0. The normalized spacial score (nSPS) is 21.5. The number of ether oxygens (including phenoxy) is 2. The van der Waals surface area contributed by atoms with Crippen molar-refractivity contribution in [1.29, 1.82) is 0 Å². The molecule has 2 atom stereocenters. The van der Waals surface area contributed by atoms with E-state index in [1.165, 1.54) is 0 Å². The van der Waals surface area contributed by atoms with Crippen LogP contribution in [-0.2, 0) is 4.74 Å². The highest BCUT2D eigenvalue weighted by Crippen LogP contribution is 2.28. The summed E-state index contributed by atoms with van der Waals surface area (Å²) < 4.78 is 12.4. The van der Waals surface area contributed by atoms with Crippen molar-refractivity contribution in [2.75, 3.05) is 13.2 Å². The first-order valence-corrected chi connectivity index (χ1v) is 6.75. The Hall–Kier alpha value is -0.580. The average Bonchev–Trinajstić information content (AvgIpc) is 2.80. The van der Waals surface area contributed by atoms with Crippen LogP contribution >= 0.6 is 15.9 Å². The Labute approximate surface area is 110 Å². The minimum absolute atomic E-state index is 0.0352. The van der Waals surface area contributed by atoms with E-state index in [1.54, 1.807) is 0 Å². The summed E-state index contributed by atoms with van der Waals surface area (Å²) >= 11 is 3.45. The van der Waals surface area contributed by atoms with Gasteiger partial charge >= 0.3 is 0 Å². The van der Waals surface area contributed by atoms with Gasteiger partial charge in [-0.25, -0.2) is 0 Å². The smallest absolute Gasteiger partial charge is 0.124 e. The maximum absolute atomic E-state index is 5.94. The van der Waals surface area contributed by atoms with Gasteiger partial charge in [0, 0.05) is 22.7 Å². The zero-order chi connectivity index (χ0) is 12.3. The van der Waals surface area contributed by atoms with Crippen LogP contribution in [0.5, 0.6) is 5.75 Å². The Bertz CT molecular complexity index is 376. The third-order valence-corrected chi connectivity index (χ3v) is 3.40. The summed E-state index contributed by atoms with van der Waals surface area (Å²) in [6.45, 7) is 3.43. The van der Waals surface area contributed by atoms with E-state index < -0.39 is 0 Å². The van der Waals surface area contributed by atoms with Crippen LogP contribution in [0, 0.1) is 0 Å². The first-order valence-electron chi connectivity index (χ1n) is 5.96. The van der Waals surface area contributed by atoms with Crippen LogP contribution in [0.2, 0.25) is 0 Å². The lowest BCUT2D eigenvalue weighted by Gasteiger charge is -2.16. The van der Waals surface area contributed by atoms with E-state index in [1.807, 2.05) is 25.1 Å². The number of halogens is 1. The predicted octanol–water partition coefficient (Wildman–Crippen LogP) is 3.03. The minimum Gasteiger partial charge on any atom is -0.491 e. The van der Waals surface area contributed by atoms with Crippen molar-refractivity contribution >= 4 is 15.9 Å². The molecule has 94 valence electrons. The monoisotopic (exact) mass is 299 g/mol. The topological polar surface area (TPSA) is 44.5 Å². The van der Waals surface area contributed by atoms with Crippen molar-refractivity contribution in [1.82, 2.24) is 0 Å². The van der Waals surface area contributed by atoms with Gasteiger partial charge in [0.2, 0.25) is 0 Å². The summed E-state index contributed by atoms with van der Waals surface area (Å²) in [5.41, 5.74) is 6.96. The molecule has 0 aliphatic carbocycles. The molecule has 1 heterocycles. The van der Waals surface area contributed by atoms with Crippen LogP contribution in [0.15, 0.2) is 22.7 Å². The second-order valence-corrected chi connectivity index (χ2v) is 5.33. The summed E-state index contributed by atoms with van der Waals surface area (Å²) in [4.78, 5) is 0. The van der Waals surface area contributed by atoms with Gasteiger partial charge in [0.1, 0.15) is 12.4 Å². The molecular weight excluding hydrogens is 282 g/mol. The lowest BCUT2D eigenvalue weighted by atomic mass is 10.1. The molecule has 1 aromatic carbocycles. The molecule has 0 aromatic heterocycles. The Morgan fingerprint density at radius 3 is 3.06 bits per heavy atom. The van der Waals surface area contributed by atoms with Gasteiger partial charge in [-0.3, -0.25) is 0 Å². The Kier molecular flexibility index (Phi) is 4.42. The summed E-state index contributed by atoms with van der Waals surface area (Å²) in [5.74, 6) is 0.860. The van der Waals surface area contributed by atoms with Gasteiger partial charge in [0.05, 0.1) is 6.10 Å².